The normalized spacial score (nSPS) is 12.7. The van der Waals surface area contributed by atoms with E-state index in [4.69, 9.17) is 5.73 Å². The van der Waals surface area contributed by atoms with Gasteiger partial charge in [-0.2, -0.15) is 0 Å². The minimum absolute atomic E-state index is 0.217. The van der Waals surface area contributed by atoms with E-state index < -0.39 is 6.03 Å². The molecule has 0 heterocycles. The van der Waals surface area contributed by atoms with Crippen molar-refractivity contribution in [1.82, 2.24) is 5.32 Å². The molecule has 0 atom stereocenters. The van der Waals surface area contributed by atoms with Gasteiger partial charge in [-0.05, 0) is 25.7 Å². The van der Waals surface area contributed by atoms with Gasteiger partial charge in [-0.3, -0.25) is 0 Å². The predicted octanol–water partition coefficient (Wildman–Crippen LogP) is 2.26. The van der Waals surface area contributed by atoms with Gasteiger partial charge in [0.05, 0.1) is 0 Å². The minimum atomic E-state index is -0.447. The highest BCUT2D eigenvalue weighted by Crippen LogP contribution is 2.30. The van der Waals surface area contributed by atoms with Gasteiger partial charge in [0.25, 0.3) is 0 Å². The van der Waals surface area contributed by atoms with Crippen molar-refractivity contribution in [3.05, 3.63) is 0 Å². The van der Waals surface area contributed by atoms with Gasteiger partial charge in [-0.1, -0.05) is 27.2 Å². The van der Waals surface area contributed by atoms with Crippen LogP contribution in [-0.2, 0) is 0 Å². The van der Waals surface area contributed by atoms with Crippen LogP contribution in [0.1, 0.15) is 47.5 Å². The van der Waals surface area contributed by atoms with E-state index in [-0.39, 0.29) is 11.0 Å². The quantitative estimate of drug-likeness (QED) is 0.695. The van der Waals surface area contributed by atoms with E-state index in [1.54, 1.807) is 0 Å². The number of urea groups is 1. The summed E-state index contributed by atoms with van der Waals surface area (Å²) in [7, 11) is 0. The smallest absolute Gasteiger partial charge is 0.312 e. The molecule has 0 aromatic carbocycles. The van der Waals surface area contributed by atoms with Crippen LogP contribution in [0.5, 0.6) is 0 Å². The first-order chi connectivity index (χ1) is 5.68. The fraction of sp³-hybridized carbons (Fsp3) is 0.900. The third-order valence-electron chi connectivity index (χ3n) is 2.34. The van der Waals surface area contributed by atoms with Crippen molar-refractivity contribution in [3.63, 3.8) is 0 Å². The standard InChI is InChI=1S/C10H22N2O/c1-6-9(2,3)7-10(4,5)12-8(11)13/h6-7H2,1-5H3,(H3,11,12,13). The molecule has 0 bridgehead atoms. The van der Waals surface area contributed by atoms with Gasteiger partial charge >= 0.3 is 6.03 Å². The largest absolute Gasteiger partial charge is 0.352 e. The summed E-state index contributed by atoms with van der Waals surface area (Å²) in [5, 5.41) is 2.75. The summed E-state index contributed by atoms with van der Waals surface area (Å²) in [6.45, 7) is 10.5. The molecule has 0 spiro atoms. The van der Waals surface area contributed by atoms with Gasteiger partial charge in [-0.25, -0.2) is 4.79 Å². The Morgan fingerprint density at radius 2 is 1.77 bits per heavy atom. The highest BCUT2D eigenvalue weighted by Gasteiger charge is 2.28. The topological polar surface area (TPSA) is 55.1 Å². The maximum absolute atomic E-state index is 10.7. The molecule has 0 saturated heterocycles. The van der Waals surface area contributed by atoms with Crippen LogP contribution >= 0.6 is 0 Å². The number of carbonyl (C=O) groups is 1. The molecule has 3 nitrogen and oxygen atoms in total. The van der Waals surface area contributed by atoms with E-state index in [0.29, 0.717) is 0 Å². The lowest BCUT2D eigenvalue weighted by Crippen LogP contribution is -2.48. The molecule has 3 N–H and O–H groups in total. The van der Waals surface area contributed by atoms with E-state index in [1.807, 2.05) is 13.8 Å². The molecule has 13 heavy (non-hydrogen) atoms. The maximum Gasteiger partial charge on any atom is 0.312 e. The zero-order valence-corrected chi connectivity index (χ0v) is 9.40. The summed E-state index contributed by atoms with van der Waals surface area (Å²) in [5.41, 5.74) is 5.11. The summed E-state index contributed by atoms with van der Waals surface area (Å²) < 4.78 is 0. The Balaban J connectivity index is 4.24. The second-order valence-electron chi connectivity index (χ2n) is 5.07. The van der Waals surface area contributed by atoms with Crippen LogP contribution in [0.15, 0.2) is 0 Å². The lowest BCUT2D eigenvalue weighted by atomic mass is 9.78. The molecule has 0 aromatic rings. The molecular weight excluding hydrogens is 164 g/mol. The highest BCUT2D eigenvalue weighted by atomic mass is 16.2. The third kappa shape index (κ3) is 5.50. The van der Waals surface area contributed by atoms with Gasteiger partial charge in [0.2, 0.25) is 0 Å². The van der Waals surface area contributed by atoms with E-state index >= 15 is 0 Å². The molecule has 2 amide bonds. The fourth-order valence-corrected chi connectivity index (χ4v) is 1.70. The third-order valence-corrected chi connectivity index (χ3v) is 2.34. The van der Waals surface area contributed by atoms with Crippen molar-refractivity contribution in [2.24, 2.45) is 11.1 Å². The summed E-state index contributed by atoms with van der Waals surface area (Å²) in [4.78, 5) is 10.7. The van der Waals surface area contributed by atoms with Gasteiger partial charge in [0.15, 0.2) is 0 Å². The monoisotopic (exact) mass is 186 g/mol. The summed E-state index contributed by atoms with van der Waals surface area (Å²) >= 11 is 0. The van der Waals surface area contributed by atoms with Gasteiger partial charge in [0, 0.05) is 5.54 Å². The molecule has 78 valence electrons. The maximum atomic E-state index is 10.7. The lowest BCUT2D eigenvalue weighted by molar-refractivity contribution is 0.205. The second kappa shape index (κ2) is 3.99. The van der Waals surface area contributed by atoms with E-state index in [0.717, 1.165) is 12.8 Å². The summed E-state index contributed by atoms with van der Waals surface area (Å²) in [6.07, 6.45) is 2.02. The van der Waals surface area contributed by atoms with Crippen molar-refractivity contribution in [2.75, 3.05) is 0 Å². The average Bonchev–Trinajstić information content (AvgIpc) is 1.81. The van der Waals surface area contributed by atoms with Crippen LogP contribution in [0.25, 0.3) is 0 Å². The van der Waals surface area contributed by atoms with E-state index in [2.05, 4.69) is 26.1 Å². The Morgan fingerprint density at radius 3 is 2.08 bits per heavy atom. The number of primary amides is 1. The van der Waals surface area contributed by atoms with Crippen LogP contribution in [0, 0.1) is 5.41 Å². The summed E-state index contributed by atoms with van der Waals surface area (Å²) in [5.74, 6) is 0. The van der Waals surface area contributed by atoms with Crippen LogP contribution in [-0.4, -0.2) is 11.6 Å². The number of rotatable bonds is 4. The molecule has 0 unspecified atom stereocenters. The van der Waals surface area contributed by atoms with Crippen molar-refractivity contribution in [3.8, 4) is 0 Å². The molecule has 0 aliphatic carbocycles. The summed E-state index contributed by atoms with van der Waals surface area (Å²) in [6, 6.07) is -0.447. The van der Waals surface area contributed by atoms with Crippen molar-refractivity contribution < 1.29 is 4.79 Å². The first kappa shape index (κ1) is 12.3. The molecule has 0 aliphatic rings. The van der Waals surface area contributed by atoms with Crippen LogP contribution in [0.3, 0.4) is 0 Å². The van der Waals surface area contributed by atoms with Crippen LogP contribution < -0.4 is 11.1 Å². The van der Waals surface area contributed by atoms with Crippen LogP contribution in [0.4, 0.5) is 4.79 Å². The van der Waals surface area contributed by atoms with E-state index in [9.17, 15) is 4.79 Å². The molecule has 3 heteroatoms. The molecule has 0 rings (SSSR count). The fourth-order valence-electron chi connectivity index (χ4n) is 1.70. The predicted molar refractivity (Wildman–Crippen MR) is 55.5 cm³/mol. The number of hydrogen-bond acceptors (Lipinski definition) is 1. The molecule has 0 aliphatic heterocycles. The van der Waals surface area contributed by atoms with Gasteiger partial charge in [-0.15, -0.1) is 0 Å². The Hall–Kier alpha value is -0.730. The Kier molecular flexibility index (Phi) is 3.76. The SMILES string of the molecule is CCC(C)(C)CC(C)(C)NC(N)=O. The average molecular weight is 186 g/mol. The zero-order valence-electron chi connectivity index (χ0n) is 9.40. The zero-order chi connectivity index (χ0) is 10.7. The Labute approximate surface area is 81.1 Å². The highest BCUT2D eigenvalue weighted by molar-refractivity contribution is 5.72. The van der Waals surface area contributed by atoms with E-state index in [1.165, 1.54) is 0 Å². The first-order valence-electron chi connectivity index (χ1n) is 4.76. The van der Waals surface area contributed by atoms with Gasteiger partial charge < -0.3 is 11.1 Å². The minimum Gasteiger partial charge on any atom is -0.352 e. The number of hydrogen-bond donors (Lipinski definition) is 2. The lowest BCUT2D eigenvalue weighted by Gasteiger charge is -2.34. The molecule has 0 fully saturated rings. The Bertz CT molecular complexity index is 185. The van der Waals surface area contributed by atoms with Crippen molar-refractivity contribution in [1.29, 1.82) is 0 Å². The molecular formula is C10H22N2O. The molecule has 0 radical (unpaired) electrons. The molecule has 0 aromatic heterocycles. The van der Waals surface area contributed by atoms with Gasteiger partial charge in [0.1, 0.15) is 0 Å². The number of carbonyl (C=O) groups excluding carboxylic acids is 1. The van der Waals surface area contributed by atoms with Crippen molar-refractivity contribution in [2.45, 2.75) is 53.0 Å². The first-order valence-corrected chi connectivity index (χ1v) is 4.76. The number of amides is 2. The van der Waals surface area contributed by atoms with Crippen LogP contribution in [0.2, 0.25) is 0 Å². The van der Waals surface area contributed by atoms with Crippen molar-refractivity contribution >= 4 is 6.03 Å². The second-order valence-corrected chi connectivity index (χ2v) is 5.07. The molecule has 0 saturated carbocycles. The number of nitrogens with one attached hydrogen (secondary N) is 1. The number of nitrogens with two attached hydrogens (primary N) is 1. The Morgan fingerprint density at radius 1 is 1.31 bits per heavy atom.